The lowest BCUT2D eigenvalue weighted by Crippen LogP contribution is -2.28. The first-order valence-corrected chi connectivity index (χ1v) is 4.28. The van der Waals surface area contributed by atoms with Gasteiger partial charge in [0.2, 0.25) is 0 Å². The zero-order valence-electron chi connectivity index (χ0n) is 7.78. The fourth-order valence-corrected chi connectivity index (χ4v) is 1.17. The van der Waals surface area contributed by atoms with Crippen molar-refractivity contribution in [3.05, 3.63) is 25.3 Å². The molecule has 2 heterocycles. The standard InChI is InChI=1S/C7H11N7/c1-7(2-13-4-8-3-11-13)12-14-5-9-10-6-14/h3-7,12H,2H2,1H3/t7-/m0/s1. The predicted octanol–water partition coefficient (Wildman–Crippen LogP) is -0.498. The molecule has 0 aromatic carbocycles. The normalized spacial score (nSPS) is 12.6. The molecule has 2 aromatic rings. The van der Waals surface area contributed by atoms with Crippen LogP contribution in [0, 0.1) is 0 Å². The zero-order valence-corrected chi connectivity index (χ0v) is 7.78. The fraction of sp³-hybridized carbons (Fsp3) is 0.429. The summed E-state index contributed by atoms with van der Waals surface area (Å²) in [6, 6.07) is 0.229. The van der Waals surface area contributed by atoms with Crippen LogP contribution in [0.1, 0.15) is 6.92 Å². The Morgan fingerprint density at radius 1 is 1.29 bits per heavy atom. The van der Waals surface area contributed by atoms with E-state index in [9.17, 15) is 0 Å². The van der Waals surface area contributed by atoms with E-state index >= 15 is 0 Å². The summed E-state index contributed by atoms with van der Waals surface area (Å²) in [5.41, 5.74) is 3.16. The van der Waals surface area contributed by atoms with Gasteiger partial charge in [-0.1, -0.05) is 0 Å². The Labute approximate surface area is 80.8 Å². The van der Waals surface area contributed by atoms with E-state index in [2.05, 4.69) is 25.7 Å². The Bertz CT molecular complexity index is 315. The van der Waals surface area contributed by atoms with Crippen LogP contribution in [0.2, 0.25) is 0 Å². The van der Waals surface area contributed by atoms with Gasteiger partial charge in [0.15, 0.2) is 0 Å². The molecule has 2 rings (SSSR count). The minimum absolute atomic E-state index is 0.229. The minimum atomic E-state index is 0.229. The molecule has 74 valence electrons. The molecular weight excluding hydrogens is 182 g/mol. The van der Waals surface area contributed by atoms with Crippen molar-refractivity contribution in [3.63, 3.8) is 0 Å². The van der Waals surface area contributed by atoms with Crippen LogP contribution in [0.4, 0.5) is 0 Å². The molecule has 7 nitrogen and oxygen atoms in total. The summed E-state index contributed by atoms with van der Waals surface area (Å²) in [6.45, 7) is 2.79. The van der Waals surface area contributed by atoms with Crippen LogP contribution >= 0.6 is 0 Å². The van der Waals surface area contributed by atoms with E-state index in [1.165, 1.54) is 6.33 Å². The molecule has 0 aliphatic rings. The molecule has 0 aliphatic heterocycles. The maximum Gasteiger partial charge on any atom is 0.138 e. The number of nitrogens with zero attached hydrogens (tertiary/aromatic N) is 6. The van der Waals surface area contributed by atoms with E-state index in [1.807, 2.05) is 6.92 Å². The Balaban J connectivity index is 1.88. The third kappa shape index (κ3) is 2.06. The van der Waals surface area contributed by atoms with E-state index in [4.69, 9.17) is 0 Å². The Morgan fingerprint density at radius 3 is 2.71 bits per heavy atom. The molecule has 0 spiro atoms. The Morgan fingerprint density at radius 2 is 2.07 bits per heavy atom. The quantitative estimate of drug-likeness (QED) is 0.708. The highest BCUT2D eigenvalue weighted by Crippen LogP contribution is 1.90. The van der Waals surface area contributed by atoms with E-state index in [-0.39, 0.29) is 6.04 Å². The van der Waals surface area contributed by atoms with Crippen molar-refractivity contribution in [2.75, 3.05) is 5.43 Å². The largest absolute Gasteiger partial charge is 0.319 e. The second-order valence-corrected chi connectivity index (χ2v) is 3.02. The highest BCUT2D eigenvalue weighted by atomic mass is 15.5. The number of rotatable bonds is 4. The predicted molar refractivity (Wildman–Crippen MR) is 48.9 cm³/mol. The Kier molecular flexibility index (Phi) is 2.39. The lowest BCUT2D eigenvalue weighted by molar-refractivity contribution is 0.527. The average Bonchev–Trinajstić information content (AvgIpc) is 2.76. The third-order valence-electron chi connectivity index (χ3n) is 1.72. The van der Waals surface area contributed by atoms with Gasteiger partial charge in [-0.3, -0.25) is 4.68 Å². The van der Waals surface area contributed by atoms with E-state index < -0.39 is 0 Å². The average molecular weight is 193 g/mol. The van der Waals surface area contributed by atoms with Gasteiger partial charge in [0.05, 0.1) is 12.6 Å². The Hall–Kier alpha value is -1.92. The second kappa shape index (κ2) is 3.86. The molecular formula is C7H11N7. The molecule has 0 saturated carbocycles. The van der Waals surface area contributed by atoms with Crippen molar-refractivity contribution in [1.29, 1.82) is 0 Å². The van der Waals surface area contributed by atoms with Crippen LogP contribution in [-0.4, -0.2) is 35.7 Å². The van der Waals surface area contributed by atoms with Gasteiger partial charge < -0.3 is 5.43 Å². The van der Waals surface area contributed by atoms with Gasteiger partial charge in [0.25, 0.3) is 0 Å². The van der Waals surface area contributed by atoms with Crippen LogP contribution in [0.15, 0.2) is 25.3 Å². The van der Waals surface area contributed by atoms with Crippen LogP contribution in [-0.2, 0) is 6.54 Å². The molecule has 0 fully saturated rings. The van der Waals surface area contributed by atoms with E-state index in [0.29, 0.717) is 0 Å². The molecule has 0 amide bonds. The first-order chi connectivity index (χ1) is 6.84. The molecule has 0 saturated heterocycles. The molecule has 1 atom stereocenters. The summed E-state index contributed by atoms with van der Waals surface area (Å²) >= 11 is 0. The van der Waals surface area contributed by atoms with Gasteiger partial charge in [0, 0.05) is 0 Å². The third-order valence-corrected chi connectivity index (χ3v) is 1.72. The van der Waals surface area contributed by atoms with Crippen molar-refractivity contribution in [2.24, 2.45) is 0 Å². The SMILES string of the molecule is C[C@@H](Cn1cncn1)Nn1cnnc1. The first-order valence-electron chi connectivity index (χ1n) is 4.28. The van der Waals surface area contributed by atoms with Gasteiger partial charge in [0.1, 0.15) is 25.3 Å². The summed E-state index contributed by atoms with van der Waals surface area (Å²) < 4.78 is 3.48. The van der Waals surface area contributed by atoms with Crippen LogP contribution < -0.4 is 5.43 Å². The molecule has 0 aliphatic carbocycles. The topological polar surface area (TPSA) is 73.5 Å². The first kappa shape index (κ1) is 8.67. The van der Waals surface area contributed by atoms with Crippen molar-refractivity contribution in [2.45, 2.75) is 19.5 Å². The summed E-state index contributed by atoms with van der Waals surface area (Å²) in [5.74, 6) is 0. The molecule has 14 heavy (non-hydrogen) atoms. The maximum atomic E-state index is 4.01. The number of hydrogen-bond acceptors (Lipinski definition) is 5. The fourth-order valence-electron chi connectivity index (χ4n) is 1.17. The maximum absolute atomic E-state index is 4.01. The number of hydrogen-bond donors (Lipinski definition) is 1. The second-order valence-electron chi connectivity index (χ2n) is 3.02. The monoisotopic (exact) mass is 193 g/mol. The molecule has 0 bridgehead atoms. The van der Waals surface area contributed by atoms with Crippen molar-refractivity contribution in [1.82, 2.24) is 29.6 Å². The molecule has 1 N–H and O–H groups in total. The van der Waals surface area contributed by atoms with Crippen molar-refractivity contribution >= 4 is 0 Å². The smallest absolute Gasteiger partial charge is 0.138 e. The summed E-state index contributed by atoms with van der Waals surface area (Å²) in [5, 5.41) is 11.4. The van der Waals surface area contributed by atoms with Crippen molar-refractivity contribution < 1.29 is 0 Å². The highest BCUT2D eigenvalue weighted by molar-refractivity contribution is 4.78. The molecule has 2 aromatic heterocycles. The summed E-state index contributed by atoms with van der Waals surface area (Å²) in [6.07, 6.45) is 6.42. The molecule has 0 radical (unpaired) electrons. The van der Waals surface area contributed by atoms with Crippen molar-refractivity contribution in [3.8, 4) is 0 Å². The summed E-state index contributed by atoms with van der Waals surface area (Å²) in [7, 11) is 0. The van der Waals surface area contributed by atoms with Crippen LogP contribution in [0.3, 0.4) is 0 Å². The van der Waals surface area contributed by atoms with Gasteiger partial charge >= 0.3 is 0 Å². The van der Waals surface area contributed by atoms with Crippen LogP contribution in [0.25, 0.3) is 0 Å². The van der Waals surface area contributed by atoms with Gasteiger partial charge in [-0.05, 0) is 6.92 Å². The number of aromatic nitrogens is 6. The molecule has 7 heteroatoms. The van der Waals surface area contributed by atoms with E-state index in [0.717, 1.165) is 6.54 Å². The van der Waals surface area contributed by atoms with Gasteiger partial charge in [-0.2, -0.15) is 5.10 Å². The molecule has 0 unspecified atom stereocenters. The minimum Gasteiger partial charge on any atom is -0.319 e. The number of nitrogens with one attached hydrogen (secondary N) is 1. The highest BCUT2D eigenvalue weighted by Gasteiger charge is 2.02. The van der Waals surface area contributed by atoms with Crippen LogP contribution in [0.5, 0.6) is 0 Å². The summed E-state index contributed by atoms with van der Waals surface area (Å²) in [4.78, 5) is 3.86. The van der Waals surface area contributed by atoms with Gasteiger partial charge in [-0.15, -0.1) is 10.2 Å². The lowest BCUT2D eigenvalue weighted by atomic mass is 10.4. The van der Waals surface area contributed by atoms with E-state index in [1.54, 1.807) is 28.3 Å². The lowest BCUT2D eigenvalue weighted by Gasteiger charge is -2.14. The van der Waals surface area contributed by atoms with Gasteiger partial charge in [-0.25, -0.2) is 9.66 Å². The zero-order chi connectivity index (χ0) is 9.80.